The molecule has 0 spiro atoms. The summed E-state index contributed by atoms with van der Waals surface area (Å²) in [5.74, 6) is 0. The van der Waals surface area contributed by atoms with E-state index in [1.54, 1.807) is 0 Å². The van der Waals surface area contributed by atoms with E-state index >= 15 is 0 Å². The third-order valence-electron chi connectivity index (χ3n) is 24.1. The molecule has 0 amide bonds. The van der Waals surface area contributed by atoms with Crippen molar-refractivity contribution in [3.05, 3.63) is 394 Å². The first-order valence-corrected chi connectivity index (χ1v) is 41.0. The monoisotopic (exact) mass is 1360 g/mol. The van der Waals surface area contributed by atoms with Gasteiger partial charge >= 0.3 is 0 Å². The zero-order chi connectivity index (χ0) is 69.4. The van der Waals surface area contributed by atoms with Gasteiger partial charge in [0.25, 0.3) is 6.71 Å². The molecule has 6 heteroatoms. The number of hydrogen-bond acceptors (Lipinski definition) is 3. The third kappa shape index (κ3) is 9.90. The molecule has 0 bridgehead atoms. The summed E-state index contributed by atoms with van der Waals surface area (Å²) in [7, 11) is -5.87. The minimum atomic E-state index is -2.94. The van der Waals surface area contributed by atoms with Crippen LogP contribution in [0.5, 0.6) is 0 Å². The smallest absolute Gasteiger partial charge is 0.252 e. The molecule has 2 unspecified atom stereocenters. The predicted molar refractivity (Wildman–Crippen MR) is 447 cm³/mol. The average Bonchev–Trinajstić information content (AvgIpc) is 1.47. The van der Waals surface area contributed by atoms with E-state index in [4.69, 9.17) is 0 Å². The molecule has 15 aromatic rings. The summed E-state index contributed by atoms with van der Waals surface area (Å²) in [5.41, 5.74) is 21.9. The first kappa shape index (κ1) is 63.1. The fraction of sp³-hybridized carbons (Fsp3) is 0.0816. The lowest BCUT2D eigenvalue weighted by atomic mass is 9.33. The zero-order valence-corrected chi connectivity index (χ0v) is 60.7. The predicted octanol–water partition coefficient (Wildman–Crippen LogP) is 17.3. The Bertz CT molecular complexity index is 5260. The molecule has 1 aliphatic carbocycles. The Kier molecular flexibility index (Phi) is 15.6. The molecule has 0 aromatic heterocycles. The summed E-state index contributed by atoms with van der Waals surface area (Å²) in [4.78, 5) is 8.15. The molecule has 3 nitrogen and oxygen atoms in total. The molecular formula is C98H78BN3Si2. The summed E-state index contributed by atoms with van der Waals surface area (Å²) in [6.07, 6.45) is 4.53. The van der Waals surface area contributed by atoms with Crippen molar-refractivity contribution in [2.45, 2.75) is 50.5 Å². The van der Waals surface area contributed by atoms with Crippen molar-refractivity contribution in [3.8, 4) is 33.4 Å². The molecule has 15 aromatic carbocycles. The van der Waals surface area contributed by atoms with E-state index in [1.165, 1.54) is 126 Å². The standard InChI is InChI=1S/C98H78BN3Si2/c1-97-64-30-31-65-98(97,2)102-94-70-80(69-93-95(94)99(91-68-76(66-89(97)96(91)102)73-36-16-5-17-37-73)90-67-75(72-34-14-4-15-35-72)52-63-92(90)101(93)79-53-50-74(51-54-79)71-32-12-3-13-33-71)100(77-55-59-87(60-56-77)103(81-38-18-6-19-39-81,82-40-20-7-21-41-82)83-42-22-8-23-43-83)78-57-61-88(62-58-78)104(84-44-24-9-25-45-84,85-46-26-10-27-47-85)86-48-28-11-29-49-86/h3-29,32-63,66-70H,30-31,64-65H2,1-2H3. The van der Waals surface area contributed by atoms with Crippen molar-refractivity contribution in [1.29, 1.82) is 0 Å². The van der Waals surface area contributed by atoms with Gasteiger partial charge in [-0.3, -0.25) is 0 Å². The largest absolute Gasteiger partial charge is 0.335 e. The van der Waals surface area contributed by atoms with Gasteiger partial charge in [0.15, 0.2) is 16.1 Å². The Morgan fingerprint density at radius 3 is 1.10 bits per heavy atom. The highest BCUT2D eigenvalue weighted by atomic mass is 28.3. The molecule has 1 saturated carbocycles. The number of nitrogens with zero attached hydrogens (tertiary/aromatic N) is 3. The van der Waals surface area contributed by atoms with E-state index in [9.17, 15) is 0 Å². The number of anilines is 8. The van der Waals surface area contributed by atoms with Gasteiger partial charge in [-0.2, -0.15) is 0 Å². The van der Waals surface area contributed by atoms with Gasteiger partial charge < -0.3 is 14.7 Å². The first-order valence-electron chi connectivity index (χ1n) is 37.0. The molecule has 3 heterocycles. The van der Waals surface area contributed by atoms with Crippen LogP contribution in [0, 0.1) is 0 Å². The molecule has 1 fully saturated rings. The van der Waals surface area contributed by atoms with Crippen molar-refractivity contribution in [1.82, 2.24) is 0 Å². The van der Waals surface area contributed by atoms with Crippen LogP contribution in [0.2, 0.25) is 0 Å². The van der Waals surface area contributed by atoms with Crippen LogP contribution in [0.4, 0.5) is 45.5 Å². The second-order valence-corrected chi connectivity index (χ2v) is 36.9. The number of hydrogen-bond donors (Lipinski definition) is 0. The van der Waals surface area contributed by atoms with Crippen molar-refractivity contribution in [2.24, 2.45) is 0 Å². The van der Waals surface area contributed by atoms with Crippen molar-refractivity contribution in [2.75, 3.05) is 14.7 Å². The summed E-state index contributed by atoms with van der Waals surface area (Å²) in [5, 5.41) is 10.7. The molecule has 2 atom stereocenters. The maximum absolute atomic E-state index is 2.94. The van der Waals surface area contributed by atoms with E-state index in [2.05, 4.69) is 417 Å². The minimum Gasteiger partial charge on any atom is -0.335 e. The summed E-state index contributed by atoms with van der Waals surface area (Å²) in [6.45, 7) is 5.14. The Hall–Kier alpha value is -11.8. The van der Waals surface area contributed by atoms with Gasteiger partial charge in [0, 0.05) is 45.2 Å². The van der Waals surface area contributed by atoms with Gasteiger partial charge in [0.05, 0.1) is 11.2 Å². The van der Waals surface area contributed by atoms with E-state index in [0.29, 0.717) is 0 Å². The van der Waals surface area contributed by atoms with Gasteiger partial charge in [-0.15, -0.1) is 0 Å². The second kappa shape index (κ2) is 25.6. The quantitative estimate of drug-likeness (QED) is 0.0748. The Morgan fingerprint density at radius 1 is 0.298 bits per heavy atom. The summed E-state index contributed by atoms with van der Waals surface area (Å²) >= 11 is 0. The van der Waals surface area contributed by atoms with Crippen LogP contribution in [-0.2, 0) is 5.41 Å². The molecular weight excluding hydrogens is 1290 g/mol. The highest BCUT2D eigenvalue weighted by Crippen LogP contribution is 2.63. The fourth-order valence-corrected chi connectivity index (χ4v) is 28.6. The number of rotatable bonds is 15. The topological polar surface area (TPSA) is 9.72 Å². The van der Waals surface area contributed by atoms with Crippen molar-refractivity contribution >= 4 is 126 Å². The number of fused-ring (bicyclic) bond motifs is 7. The summed E-state index contributed by atoms with van der Waals surface area (Å²) < 4.78 is 0. The average molecular weight is 1360 g/mol. The molecule has 4 aliphatic rings. The van der Waals surface area contributed by atoms with Crippen LogP contribution in [-0.4, -0.2) is 28.4 Å². The lowest BCUT2D eigenvalue weighted by Crippen LogP contribution is -2.74. The normalized spacial score (nSPS) is 16.2. The summed E-state index contributed by atoms with van der Waals surface area (Å²) in [6, 6.07) is 148. The van der Waals surface area contributed by atoms with E-state index in [-0.39, 0.29) is 17.7 Å². The molecule has 0 saturated heterocycles. The van der Waals surface area contributed by atoms with Gasteiger partial charge in [0.2, 0.25) is 0 Å². The molecule has 3 aliphatic heterocycles. The van der Waals surface area contributed by atoms with Gasteiger partial charge in [-0.25, -0.2) is 0 Å². The molecule has 0 N–H and O–H groups in total. The van der Waals surface area contributed by atoms with Crippen LogP contribution in [0.3, 0.4) is 0 Å². The van der Waals surface area contributed by atoms with Crippen LogP contribution >= 0.6 is 0 Å². The SMILES string of the molecule is CC12CCCCC1(C)N1c3cc(N(c4ccc([Si](c5ccccc5)(c5ccccc5)c5ccccc5)cc4)c4ccc([Si](c5ccccc5)(c5ccccc5)c5ccccc5)cc4)cc4c3B(c3cc(-c5ccccc5)ccc3N4c3ccc(-c4ccccc4)cc3)c3cc(-c4ccccc4)cc2c31. The molecule has 0 radical (unpaired) electrons. The lowest BCUT2D eigenvalue weighted by Gasteiger charge is -2.53. The van der Waals surface area contributed by atoms with E-state index < -0.39 is 16.1 Å². The van der Waals surface area contributed by atoms with Gasteiger partial charge in [-0.05, 0) is 177 Å². The maximum Gasteiger partial charge on any atom is 0.252 e. The molecule has 19 rings (SSSR count). The Balaban J connectivity index is 0.903. The van der Waals surface area contributed by atoms with Gasteiger partial charge in [0.1, 0.15) is 0 Å². The van der Waals surface area contributed by atoms with E-state index in [1.807, 2.05) is 0 Å². The second-order valence-electron chi connectivity index (χ2n) is 29.3. The van der Waals surface area contributed by atoms with E-state index in [0.717, 1.165) is 42.0 Å². The Labute approximate surface area is 614 Å². The minimum absolute atomic E-state index is 0.111. The highest BCUT2D eigenvalue weighted by molar-refractivity contribution is 7.20. The molecule has 104 heavy (non-hydrogen) atoms. The Morgan fingerprint density at radius 2 is 0.654 bits per heavy atom. The van der Waals surface area contributed by atoms with Crippen molar-refractivity contribution in [3.63, 3.8) is 0 Å². The number of benzene rings is 15. The first-order chi connectivity index (χ1) is 51.3. The maximum atomic E-state index is 2.91. The zero-order valence-electron chi connectivity index (χ0n) is 58.7. The van der Waals surface area contributed by atoms with Crippen LogP contribution in [0.1, 0.15) is 45.1 Å². The van der Waals surface area contributed by atoms with Crippen LogP contribution in [0.15, 0.2) is 388 Å². The van der Waals surface area contributed by atoms with Crippen molar-refractivity contribution < 1.29 is 0 Å². The fourth-order valence-electron chi connectivity index (χ4n) is 19.1. The lowest BCUT2D eigenvalue weighted by molar-refractivity contribution is 0.195. The molecule has 496 valence electrons. The highest BCUT2D eigenvalue weighted by Gasteiger charge is 2.62. The van der Waals surface area contributed by atoms with Crippen LogP contribution in [0.25, 0.3) is 33.4 Å². The van der Waals surface area contributed by atoms with Crippen LogP contribution < -0.4 is 72.6 Å². The van der Waals surface area contributed by atoms with Gasteiger partial charge in [-0.1, -0.05) is 347 Å². The third-order valence-corrected chi connectivity index (χ3v) is 33.7.